The van der Waals surface area contributed by atoms with Gasteiger partial charge in [-0.15, -0.1) is 0 Å². The van der Waals surface area contributed by atoms with E-state index in [0.717, 1.165) is 18.3 Å². The quantitative estimate of drug-likeness (QED) is 0.106. The number of carboxylic acid groups (broad SMARTS) is 1. The molecule has 1 aliphatic heterocycles. The molecule has 1 aromatic carbocycles. The number of likely N-dealkylation sites (N-methyl/N-ethyl adjacent to an activating group) is 1. The maximum absolute atomic E-state index is 13.6. The highest BCUT2D eigenvalue weighted by Crippen LogP contribution is 2.22. The van der Waals surface area contributed by atoms with E-state index in [0.29, 0.717) is 25.1 Å². The zero-order chi connectivity index (χ0) is 34.6. The minimum atomic E-state index is -1.44. The number of benzene rings is 1. The fourth-order valence-electron chi connectivity index (χ4n) is 5.50. The van der Waals surface area contributed by atoms with Gasteiger partial charge in [0.15, 0.2) is 0 Å². The minimum absolute atomic E-state index is 0.0306. The van der Waals surface area contributed by atoms with Gasteiger partial charge in [-0.05, 0) is 50.6 Å². The van der Waals surface area contributed by atoms with E-state index >= 15 is 0 Å². The van der Waals surface area contributed by atoms with Crippen molar-refractivity contribution in [3.8, 4) is 0 Å². The van der Waals surface area contributed by atoms with Crippen molar-refractivity contribution in [3.05, 3.63) is 48.2 Å². The number of nitrogens with zero attached hydrogens (tertiary/aromatic N) is 2. The van der Waals surface area contributed by atoms with E-state index in [1.807, 2.05) is 49.1 Å². The number of aliphatic carboxylic acids is 1. The van der Waals surface area contributed by atoms with Crippen LogP contribution in [0.15, 0.2) is 42.6 Å². The average Bonchev–Trinajstić information content (AvgIpc) is 3.45. The fraction of sp³-hybridized carbons (Fsp3) is 0.562. The summed E-state index contributed by atoms with van der Waals surface area (Å²) in [5, 5.41) is 17.1. The lowest BCUT2D eigenvalue weighted by atomic mass is 10.0. The van der Waals surface area contributed by atoms with E-state index in [1.165, 1.54) is 0 Å². The molecule has 14 heteroatoms. The minimum Gasteiger partial charge on any atom is -0.481 e. The molecule has 1 aliphatic rings. The number of nitrogens with one attached hydrogen (secondary N) is 3. The Bertz CT molecular complexity index is 1240. The highest BCUT2D eigenvalue weighted by atomic mass is 16.4. The van der Waals surface area contributed by atoms with E-state index in [1.54, 1.807) is 18.9 Å². The molecule has 1 aromatic rings. The first-order chi connectivity index (χ1) is 21.6. The Morgan fingerprint density at radius 3 is 2.26 bits per heavy atom. The lowest BCUT2D eigenvalue weighted by Crippen LogP contribution is -2.56. The third-order valence-corrected chi connectivity index (χ3v) is 7.93. The van der Waals surface area contributed by atoms with E-state index in [2.05, 4.69) is 22.5 Å². The van der Waals surface area contributed by atoms with Gasteiger partial charge < -0.3 is 42.2 Å². The standard InChI is InChI=1S/C32H49N7O7/c1-19(2)14-25(31(45)37-24(30(34)44)16-29(42)43)35-28(41)17-38(5)21(4)23(15-22-10-7-6-8-11-22)36-32(46)26-12-9-13-39(26)27(18-40)20(3)33/h6-8,10-11,18-20,23-27H,4,9,12-17,33H2,1-3,5H3,(H2,34,44)(H,35,41)(H,36,46)(H,37,45)(H,42,43)/t20-,23-,24+,25-,26?,27+/m0/s1. The zero-order valence-electron chi connectivity index (χ0n) is 27.1. The van der Waals surface area contributed by atoms with Crippen molar-refractivity contribution in [2.45, 2.75) is 89.1 Å². The van der Waals surface area contributed by atoms with Crippen LogP contribution in [0.4, 0.5) is 0 Å². The van der Waals surface area contributed by atoms with Gasteiger partial charge in [0.2, 0.25) is 23.6 Å². The second kappa shape index (κ2) is 18.0. The van der Waals surface area contributed by atoms with Crippen LogP contribution in [0, 0.1) is 5.92 Å². The van der Waals surface area contributed by atoms with Crippen LogP contribution in [-0.2, 0) is 35.2 Å². The van der Waals surface area contributed by atoms with Crippen LogP contribution in [0.5, 0.6) is 0 Å². The number of carbonyl (C=O) groups excluding carboxylic acids is 5. The topological polar surface area (TPSA) is 217 Å². The summed E-state index contributed by atoms with van der Waals surface area (Å²) >= 11 is 0. The molecular weight excluding hydrogens is 594 g/mol. The van der Waals surface area contributed by atoms with Gasteiger partial charge in [-0.2, -0.15) is 0 Å². The number of aldehydes is 1. The number of hydrogen-bond acceptors (Lipinski definition) is 9. The van der Waals surface area contributed by atoms with Crippen LogP contribution in [-0.4, -0.2) is 107 Å². The van der Waals surface area contributed by atoms with Crippen molar-refractivity contribution in [3.63, 3.8) is 0 Å². The highest BCUT2D eigenvalue weighted by Gasteiger charge is 2.38. The molecule has 6 atom stereocenters. The molecule has 0 aliphatic carbocycles. The summed E-state index contributed by atoms with van der Waals surface area (Å²) in [7, 11) is 1.64. The summed E-state index contributed by atoms with van der Waals surface area (Å²) in [4.78, 5) is 77.8. The Balaban J connectivity index is 2.19. The molecule has 0 radical (unpaired) electrons. The Kier molecular flexibility index (Phi) is 14.8. The van der Waals surface area contributed by atoms with Crippen LogP contribution in [0.1, 0.15) is 52.0 Å². The fourth-order valence-corrected chi connectivity index (χ4v) is 5.50. The number of carboxylic acids is 1. The predicted octanol–water partition coefficient (Wildman–Crippen LogP) is -0.486. The Labute approximate surface area is 270 Å². The lowest BCUT2D eigenvalue weighted by Gasteiger charge is -2.34. The van der Waals surface area contributed by atoms with Crippen molar-refractivity contribution in [2.75, 3.05) is 20.1 Å². The van der Waals surface area contributed by atoms with Gasteiger partial charge in [0.1, 0.15) is 18.4 Å². The Hall–Kier alpha value is -4.30. The highest BCUT2D eigenvalue weighted by molar-refractivity contribution is 5.93. The van der Waals surface area contributed by atoms with Crippen LogP contribution < -0.4 is 27.4 Å². The normalized spacial score (nSPS) is 18.0. The maximum Gasteiger partial charge on any atom is 0.305 e. The molecule has 0 aromatic heterocycles. The van der Waals surface area contributed by atoms with Crippen LogP contribution in [0.25, 0.3) is 0 Å². The van der Waals surface area contributed by atoms with Crippen molar-refractivity contribution < 1.29 is 33.9 Å². The number of rotatable bonds is 19. The molecule has 0 saturated carbocycles. The van der Waals surface area contributed by atoms with E-state index < -0.39 is 66.4 Å². The van der Waals surface area contributed by atoms with Gasteiger partial charge in [0.25, 0.3) is 0 Å². The largest absolute Gasteiger partial charge is 0.481 e. The van der Waals surface area contributed by atoms with Crippen molar-refractivity contribution >= 4 is 35.9 Å². The molecule has 0 bridgehead atoms. The Morgan fingerprint density at radius 1 is 1.07 bits per heavy atom. The van der Waals surface area contributed by atoms with Crippen LogP contribution in [0.3, 0.4) is 0 Å². The first kappa shape index (κ1) is 37.9. The SMILES string of the molecule is C=C([C@H](Cc1ccccc1)NC(=O)C1CCCN1[C@H](C=O)[C@H](C)N)N(C)CC(=O)N[C@@H](CC(C)C)C(=O)N[C@H](CC(=O)O)C(N)=O. The monoisotopic (exact) mass is 643 g/mol. The molecular formula is C32H49N7O7. The van der Waals surface area contributed by atoms with Gasteiger partial charge in [0.05, 0.1) is 31.1 Å². The third kappa shape index (κ3) is 11.6. The third-order valence-electron chi connectivity index (χ3n) is 7.93. The van der Waals surface area contributed by atoms with Gasteiger partial charge >= 0.3 is 5.97 Å². The van der Waals surface area contributed by atoms with Gasteiger partial charge in [-0.1, -0.05) is 50.8 Å². The molecule has 0 spiro atoms. The number of hydrogen-bond donors (Lipinski definition) is 6. The molecule has 46 heavy (non-hydrogen) atoms. The number of carbonyl (C=O) groups is 6. The van der Waals surface area contributed by atoms with Crippen LogP contribution in [0.2, 0.25) is 0 Å². The molecule has 2 rings (SSSR count). The summed E-state index contributed by atoms with van der Waals surface area (Å²) in [6.45, 7) is 9.95. The van der Waals surface area contributed by atoms with Crippen LogP contribution >= 0.6 is 0 Å². The van der Waals surface area contributed by atoms with E-state index in [4.69, 9.17) is 16.6 Å². The van der Waals surface area contributed by atoms with Crippen molar-refractivity contribution in [2.24, 2.45) is 17.4 Å². The van der Waals surface area contributed by atoms with Crippen molar-refractivity contribution in [1.82, 2.24) is 25.8 Å². The summed E-state index contributed by atoms with van der Waals surface area (Å²) in [6, 6.07) is 4.75. The van der Waals surface area contributed by atoms with Gasteiger partial charge in [0, 0.05) is 18.8 Å². The summed E-state index contributed by atoms with van der Waals surface area (Å²) in [5.74, 6) is -3.89. The molecule has 1 fully saturated rings. The smallest absolute Gasteiger partial charge is 0.305 e. The summed E-state index contributed by atoms with van der Waals surface area (Å²) < 4.78 is 0. The number of nitrogens with two attached hydrogens (primary N) is 2. The average molecular weight is 644 g/mol. The molecule has 254 valence electrons. The second-order valence-electron chi connectivity index (χ2n) is 12.3. The number of amides is 4. The summed E-state index contributed by atoms with van der Waals surface area (Å²) in [5.41, 5.74) is 12.7. The molecule has 8 N–H and O–H groups in total. The molecule has 4 amide bonds. The number of likely N-dealkylation sites (tertiary alicyclic amines) is 1. The summed E-state index contributed by atoms with van der Waals surface area (Å²) in [6.07, 6.45) is 1.98. The van der Waals surface area contributed by atoms with Crippen molar-refractivity contribution in [1.29, 1.82) is 0 Å². The number of primary amides is 1. The predicted molar refractivity (Wildman–Crippen MR) is 172 cm³/mol. The molecule has 1 unspecified atom stereocenters. The first-order valence-electron chi connectivity index (χ1n) is 15.5. The molecule has 1 saturated heterocycles. The van der Waals surface area contributed by atoms with Gasteiger partial charge in [-0.3, -0.25) is 28.9 Å². The molecule has 1 heterocycles. The maximum atomic E-state index is 13.6. The lowest BCUT2D eigenvalue weighted by molar-refractivity contribution is -0.140. The molecule has 14 nitrogen and oxygen atoms in total. The van der Waals surface area contributed by atoms with E-state index in [9.17, 15) is 28.8 Å². The zero-order valence-corrected chi connectivity index (χ0v) is 27.1. The van der Waals surface area contributed by atoms with Gasteiger partial charge in [-0.25, -0.2) is 0 Å². The Morgan fingerprint density at radius 2 is 1.72 bits per heavy atom. The first-order valence-corrected chi connectivity index (χ1v) is 15.5. The second-order valence-corrected chi connectivity index (χ2v) is 12.3. The van der Waals surface area contributed by atoms with E-state index in [-0.39, 0.29) is 24.8 Å².